The number of hydrogen-bond acceptors (Lipinski definition) is 4. The summed E-state index contributed by atoms with van der Waals surface area (Å²) in [5, 5.41) is 2.05. The second kappa shape index (κ2) is 4.66. The molecular weight excluding hydrogens is 254 g/mol. The van der Waals surface area contributed by atoms with Crippen molar-refractivity contribution >= 4 is 21.4 Å². The third-order valence-corrected chi connectivity index (χ3v) is 3.59. The first-order valence-electron chi connectivity index (χ1n) is 4.46. The Labute approximate surface area is 96.5 Å². The third kappa shape index (κ3) is 2.90. The fourth-order valence-electron chi connectivity index (χ4n) is 1.19. The predicted molar refractivity (Wildman–Crippen MR) is 56.9 cm³/mol. The zero-order valence-electron chi connectivity index (χ0n) is 8.83. The molecule has 1 aromatic rings. The van der Waals surface area contributed by atoms with Crippen LogP contribution in [0.2, 0.25) is 0 Å². The minimum Gasteiger partial charge on any atom is -0.399 e. The molecule has 0 saturated carbocycles. The SMILES string of the molecule is CNC(=O)CS(=O)(=O)c1c(F)cc(N)cc1F. The summed E-state index contributed by atoms with van der Waals surface area (Å²) in [6.45, 7) is 0. The summed E-state index contributed by atoms with van der Waals surface area (Å²) in [6, 6.07) is 1.36. The molecule has 94 valence electrons. The van der Waals surface area contributed by atoms with E-state index in [0.717, 1.165) is 0 Å². The summed E-state index contributed by atoms with van der Waals surface area (Å²) in [7, 11) is -3.15. The lowest BCUT2D eigenvalue weighted by molar-refractivity contribution is -0.118. The quantitative estimate of drug-likeness (QED) is 0.756. The molecule has 0 aromatic heterocycles. The zero-order chi connectivity index (χ0) is 13.2. The molecule has 0 saturated heterocycles. The first-order chi connectivity index (χ1) is 7.77. The topological polar surface area (TPSA) is 89.3 Å². The molecule has 1 aromatic carbocycles. The molecule has 0 bridgehead atoms. The second-order valence-corrected chi connectivity index (χ2v) is 5.17. The van der Waals surface area contributed by atoms with Crippen LogP contribution in [0.5, 0.6) is 0 Å². The molecule has 8 heteroatoms. The van der Waals surface area contributed by atoms with Gasteiger partial charge in [-0.2, -0.15) is 0 Å². The van der Waals surface area contributed by atoms with Crippen molar-refractivity contribution in [1.29, 1.82) is 0 Å². The van der Waals surface area contributed by atoms with Crippen LogP contribution < -0.4 is 11.1 Å². The van der Waals surface area contributed by atoms with Crippen molar-refractivity contribution in [3.8, 4) is 0 Å². The van der Waals surface area contributed by atoms with Crippen LogP contribution in [-0.4, -0.2) is 27.1 Å². The Bertz CT molecular complexity index is 534. The number of halogens is 2. The summed E-state index contributed by atoms with van der Waals surface area (Å²) in [5.41, 5.74) is 4.91. The highest BCUT2D eigenvalue weighted by atomic mass is 32.2. The van der Waals surface area contributed by atoms with Crippen LogP contribution in [0.3, 0.4) is 0 Å². The molecule has 3 N–H and O–H groups in total. The molecule has 17 heavy (non-hydrogen) atoms. The van der Waals surface area contributed by atoms with Gasteiger partial charge in [-0.25, -0.2) is 17.2 Å². The van der Waals surface area contributed by atoms with E-state index in [0.29, 0.717) is 12.1 Å². The van der Waals surface area contributed by atoms with Gasteiger partial charge in [-0.15, -0.1) is 0 Å². The second-order valence-electron chi connectivity index (χ2n) is 3.25. The molecule has 0 aliphatic heterocycles. The minimum atomic E-state index is -4.37. The summed E-state index contributed by atoms with van der Waals surface area (Å²) < 4.78 is 49.8. The Morgan fingerprint density at radius 3 is 2.24 bits per heavy atom. The van der Waals surface area contributed by atoms with Gasteiger partial charge in [0.1, 0.15) is 22.3 Å². The van der Waals surface area contributed by atoms with E-state index in [-0.39, 0.29) is 5.69 Å². The number of sulfone groups is 1. The van der Waals surface area contributed by atoms with Crippen LogP contribution in [0.4, 0.5) is 14.5 Å². The molecule has 0 aliphatic carbocycles. The van der Waals surface area contributed by atoms with E-state index in [1.165, 1.54) is 7.05 Å². The Morgan fingerprint density at radius 1 is 1.35 bits per heavy atom. The van der Waals surface area contributed by atoms with E-state index < -0.39 is 38.0 Å². The molecule has 0 spiro atoms. The number of carbonyl (C=O) groups is 1. The van der Waals surface area contributed by atoms with Crippen molar-refractivity contribution in [2.75, 3.05) is 18.5 Å². The lowest BCUT2D eigenvalue weighted by Gasteiger charge is -2.07. The Kier molecular flexibility index (Phi) is 3.66. The first kappa shape index (κ1) is 13.4. The van der Waals surface area contributed by atoms with Crippen molar-refractivity contribution in [3.63, 3.8) is 0 Å². The maximum Gasteiger partial charge on any atom is 0.235 e. The van der Waals surface area contributed by atoms with Gasteiger partial charge in [0, 0.05) is 12.7 Å². The van der Waals surface area contributed by atoms with E-state index in [1.54, 1.807) is 0 Å². The summed E-state index contributed by atoms with van der Waals surface area (Å²) in [5.74, 6) is -4.51. The van der Waals surface area contributed by atoms with Crippen LogP contribution in [0.25, 0.3) is 0 Å². The van der Waals surface area contributed by atoms with Crippen molar-refractivity contribution in [2.24, 2.45) is 0 Å². The van der Waals surface area contributed by atoms with Crippen molar-refractivity contribution < 1.29 is 22.0 Å². The van der Waals surface area contributed by atoms with E-state index in [2.05, 4.69) is 5.32 Å². The van der Waals surface area contributed by atoms with E-state index >= 15 is 0 Å². The van der Waals surface area contributed by atoms with Gasteiger partial charge in [-0.05, 0) is 12.1 Å². The van der Waals surface area contributed by atoms with Gasteiger partial charge >= 0.3 is 0 Å². The molecule has 0 fully saturated rings. The number of benzene rings is 1. The number of nitrogen functional groups attached to an aromatic ring is 1. The van der Waals surface area contributed by atoms with Gasteiger partial charge in [0.05, 0.1) is 0 Å². The van der Waals surface area contributed by atoms with E-state index in [4.69, 9.17) is 5.73 Å². The number of nitrogens with one attached hydrogen (secondary N) is 1. The molecule has 0 atom stereocenters. The third-order valence-electron chi connectivity index (χ3n) is 1.93. The number of carbonyl (C=O) groups excluding carboxylic acids is 1. The van der Waals surface area contributed by atoms with Gasteiger partial charge in [0.15, 0.2) is 9.84 Å². The lowest BCUT2D eigenvalue weighted by atomic mass is 10.3. The van der Waals surface area contributed by atoms with Crippen molar-refractivity contribution in [3.05, 3.63) is 23.8 Å². The zero-order valence-corrected chi connectivity index (χ0v) is 9.64. The molecule has 0 aliphatic rings. The Balaban J connectivity index is 3.29. The standard InChI is InChI=1S/C9H10F2N2O3S/c1-13-8(14)4-17(15,16)9-6(10)2-5(12)3-7(9)11/h2-3H,4,12H2,1H3,(H,13,14). The van der Waals surface area contributed by atoms with Gasteiger partial charge in [-0.3, -0.25) is 4.79 Å². The van der Waals surface area contributed by atoms with Crippen LogP contribution in [0.1, 0.15) is 0 Å². The van der Waals surface area contributed by atoms with Gasteiger partial charge in [-0.1, -0.05) is 0 Å². The average Bonchev–Trinajstić information content (AvgIpc) is 2.14. The molecule has 1 amide bonds. The number of rotatable bonds is 3. The molecular formula is C9H10F2N2O3S. The average molecular weight is 264 g/mol. The van der Waals surface area contributed by atoms with Crippen molar-refractivity contribution in [1.82, 2.24) is 5.32 Å². The first-order valence-corrected chi connectivity index (χ1v) is 6.11. The van der Waals surface area contributed by atoms with Gasteiger partial charge in [0.25, 0.3) is 0 Å². The number of anilines is 1. The predicted octanol–water partition coefficient (Wildman–Crippen LogP) is 0.0667. The maximum absolute atomic E-state index is 13.3. The Morgan fingerprint density at radius 2 is 1.82 bits per heavy atom. The number of hydrogen-bond donors (Lipinski definition) is 2. The molecule has 0 radical (unpaired) electrons. The highest BCUT2D eigenvalue weighted by Gasteiger charge is 2.26. The van der Waals surface area contributed by atoms with Crippen molar-refractivity contribution in [2.45, 2.75) is 4.90 Å². The van der Waals surface area contributed by atoms with Crippen LogP contribution in [0, 0.1) is 11.6 Å². The molecule has 0 unspecified atom stereocenters. The molecule has 1 rings (SSSR count). The highest BCUT2D eigenvalue weighted by Crippen LogP contribution is 2.22. The van der Waals surface area contributed by atoms with Gasteiger partial charge in [0.2, 0.25) is 5.91 Å². The fourth-order valence-corrected chi connectivity index (χ4v) is 2.54. The van der Waals surface area contributed by atoms with Gasteiger partial charge < -0.3 is 11.1 Å². The highest BCUT2D eigenvalue weighted by molar-refractivity contribution is 7.92. The Hall–Kier alpha value is -1.70. The summed E-state index contributed by atoms with van der Waals surface area (Å²) >= 11 is 0. The van der Waals surface area contributed by atoms with Crippen LogP contribution in [-0.2, 0) is 14.6 Å². The van der Waals surface area contributed by atoms with Crippen LogP contribution >= 0.6 is 0 Å². The number of nitrogens with two attached hydrogens (primary N) is 1. The van der Waals surface area contributed by atoms with E-state index in [9.17, 15) is 22.0 Å². The monoisotopic (exact) mass is 264 g/mol. The van der Waals surface area contributed by atoms with Crippen LogP contribution in [0.15, 0.2) is 17.0 Å². The smallest absolute Gasteiger partial charge is 0.235 e. The number of amides is 1. The lowest BCUT2D eigenvalue weighted by Crippen LogP contribution is -2.28. The maximum atomic E-state index is 13.3. The van der Waals surface area contributed by atoms with E-state index in [1.807, 2.05) is 0 Å². The normalized spacial score (nSPS) is 11.2. The fraction of sp³-hybridized carbons (Fsp3) is 0.222. The molecule has 5 nitrogen and oxygen atoms in total. The molecule has 0 heterocycles. The minimum absolute atomic E-state index is 0.237. The summed E-state index contributed by atoms with van der Waals surface area (Å²) in [6.07, 6.45) is 0. The largest absolute Gasteiger partial charge is 0.399 e. The summed E-state index contributed by atoms with van der Waals surface area (Å²) in [4.78, 5) is 9.79.